The lowest BCUT2D eigenvalue weighted by Crippen LogP contribution is -2.33. The van der Waals surface area contributed by atoms with Crippen molar-refractivity contribution in [3.63, 3.8) is 0 Å². The number of carbonyl (C=O) groups is 1. The van der Waals surface area contributed by atoms with Crippen molar-refractivity contribution in [3.8, 4) is 0 Å². The van der Waals surface area contributed by atoms with Crippen LogP contribution in [0.2, 0.25) is 0 Å². The fraction of sp³-hybridized carbons (Fsp3) is 0.0625. The van der Waals surface area contributed by atoms with Crippen LogP contribution in [0.25, 0.3) is 0 Å². The van der Waals surface area contributed by atoms with E-state index in [4.69, 9.17) is 12.2 Å². The third-order valence-electron chi connectivity index (χ3n) is 2.75. The number of nitrogens with zero attached hydrogens (tertiary/aromatic N) is 1. The first kappa shape index (κ1) is 16.6. The maximum absolute atomic E-state index is 13.2. The average molecular weight is 331 g/mol. The molecular formula is C16H14FN3O2S. The molecule has 0 fully saturated rings. The molecule has 7 heteroatoms. The molecular weight excluding hydrogens is 317 g/mol. The van der Waals surface area contributed by atoms with Crippen LogP contribution in [0.5, 0.6) is 0 Å². The van der Waals surface area contributed by atoms with Crippen LogP contribution in [0.1, 0.15) is 5.56 Å². The third-order valence-corrected chi connectivity index (χ3v) is 2.96. The van der Waals surface area contributed by atoms with Crippen LogP contribution in [0.4, 0.5) is 20.6 Å². The van der Waals surface area contributed by atoms with Gasteiger partial charge in [-0.3, -0.25) is 10.3 Å². The zero-order chi connectivity index (χ0) is 16.7. The van der Waals surface area contributed by atoms with E-state index in [-0.39, 0.29) is 10.9 Å². The monoisotopic (exact) mass is 331 g/mol. The molecule has 1 amide bonds. The first-order valence-electron chi connectivity index (χ1n) is 6.63. The summed E-state index contributed by atoms with van der Waals surface area (Å²) in [5.74, 6) is -0.330. The molecule has 0 aliphatic carbocycles. The molecule has 2 aromatic rings. The molecule has 5 nitrogen and oxygen atoms in total. The lowest BCUT2D eigenvalue weighted by atomic mass is 10.2. The maximum atomic E-state index is 13.2. The van der Waals surface area contributed by atoms with Crippen LogP contribution in [-0.2, 0) is 4.74 Å². The molecule has 0 saturated carbocycles. The molecule has 0 unspecified atom stereocenters. The molecule has 2 rings (SSSR count). The fourth-order valence-electron chi connectivity index (χ4n) is 1.72. The van der Waals surface area contributed by atoms with Crippen LogP contribution in [0, 0.1) is 5.82 Å². The zero-order valence-corrected chi connectivity index (χ0v) is 13.1. The number of ether oxygens (including phenoxy) is 1. The van der Waals surface area contributed by atoms with Crippen molar-refractivity contribution in [2.45, 2.75) is 0 Å². The van der Waals surface area contributed by atoms with Crippen LogP contribution >= 0.6 is 12.2 Å². The summed E-state index contributed by atoms with van der Waals surface area (Å²) in [6.07, 6.45) is 0.878. The Labute approximate surface area is 138 Å². The highest BCUT2D eigenvalue weighted by atomic mass is 32.1. The highest BCUT2D eigenvalue weighted by Crippen LogP contribution is 2.24. The number of rotatable bonds is 3. The van der Waals surface area contributed by atoms with Crippen molar-refractivity contribution in [2.75, 3.05) is 12.4 Å². The van der Waals surface area contributed by atoms with Crippen molar-refractivity contribution in [1.29, 1.82) is 0 Å². The Morgan fingerprint density at radius 2 is 2.04 bits per heavy atom. The van der Waals surface area contributed by atoms with Crippen molar-refractivity contribution < 1.29 is 13.9 Å². The van der Waals surface area contributed by atoms with Crippen molar-refractivity contribution in [3.05, 3.63) is 59.9 Å². The molecule has 0 atom stereocenters. The topological polar surface area (TPSA) is 62.7 Å². The van der Waals surface area contributed by atoms with E-state index in [1.165, 1.54) is 19.2 Å². The highest BCUT2D eigenvalue weighted by Gasteiger charge is 2.06. The minimum atomic E-state index is -0.664. The number of methoxy groups -OCH3 is 1. The lowest BCUT2D eigenvalue weighted by molar-refractivity contribution is 0.177. The number of carbonyl (C=O) groups excluding carboxylic acids is 1. The van der Waals surface area contributed by atoms with Crippen molar-refractivity contribution in [2.24, 2.45) is 4.99 Å². The second kappa shape index (κ2) is 8.00. The molecule has 23 heavy (non-hydrogen) atoms. The van der Waals surface area contributed by atoms with Gasteiger partial charge in [-0.05, 0) is 42.0 Å². The quantitative estimate of drug-likeness (QED) is 0.666. The SMILES string of the molecule is COC(=O)NC(=S)Nc1ccccc1N=Cc1cccc(F)c1. The fourth-order valence-corrected chi connectivity index (χ4v) is 1.91. The van der Waals surface area contributed by atoms with Crippen LogP contribution in [0.3, 0.4) is 0 Å². The van der Waals surface area contributed by atoms with Gasteiger partial charge in [0.25, 0.3) is 0 Å². The smallest absolute Gasteiger partial charge is 0.413 e. The van der Waals surface area contributed by atoms with Crippen LogP contribution in [-0.4, -0.2) is 24.5 Å². The summed E-state index contributed by atoms with van der Waals surface area (Å²) in [7, 11) is 1.25. The Bertz CT molecular complexity index is 750. The minimum Gasteiger partial charge on any atom is -0.453 e. The summed E-state index contributed by atoms with van der Waals surface area (Å²) >= 11 is 5.01. The van der Waals surface area contributed by atoms with Gasteiger partial charge < -0.3 is 10.1 Å². The Balaban J connectivity index is 2.14. The van der Waals surface area contributed by atoms with E-state index in [0.29, 0.717) is 16.9 Å². The standard InChI is InChI=1S/C16H14FN3O2S/c1-22-16(21)20-15(23)19-14-8-3-2-7-13(14)18-10-11-5-4-6-12(17)9-11/h2-10H,1H3,(H2,19,20,21,23). The number of halogens is 1. The summed E-state index contributed by atoms with van der Waals surface area (Å²) in [4.78, 5) is 15.4. The van der Waals surface area contributed by atoms with Gasteiger partial charge >= 0.3 is 6.09 Å². The molecule has 0 radical (unpaired) electrons. The number of alkyl carbamates (subject to hydrolysis) is 1. The highest BCUT2D eigenvalue weighted by molar-refractivity contribution is 7.80. The normalized spacial score (nSPS) is 10.3. The van der Waals surface area contributed by atoms with Crippen LogP contribution < -0.4 is 10.6 Å². The number of amides is 1. The van der Waals surface area contributed by atoms with Gasteiger partial charge in [0, 0.05) is 6.21 Å². The number of hydrogen-bond donors (Lipinski definition) is 2. The van der Waals surface area contributed by atoms with E-state index >= 15 is 0 Å². The Morgan fingerprint density at radius 3 is 2.78 bits per heavy atom. The summed E-state index contributed by atoms with van der Waals surface area (Å²) in [5, 5.41) is 5.29. The van der Waals surface area contributed by atoms with E-state index in [1.807, 2.05) is 0 Å². The third kappa shape index (κ3) is 5.15. The number of aliphatic imine (C=N–C) groups is 1. The van der Waals surface area contributed by atoms with Gasteiger partial charge in [0.15, 0.2) is 5.11 Å². The van der Waals surface area contributed by atoms with Crippen LogP contribution in [0.15, 0.2) is 53.5 Å². The van der Waals surface area contributed by atoms with Gasteiger partial charge in [-0.1, -0.05) is 24.3 Å². The first-order chi connectivity index (χ1) is 11.1. The summed E-state index contributed by atoms with van der Waals surface area (Å²) in [5.41, 5.74) is 1.82. The van der Waals surface area contributed by atoms with Gasteiger partial charge in [0.2, 0.25) is 0 Å². The lowest BCUT2D eigenvalue weighted by Gasteiger charge is -2.10. The molecule has 118 valence electrons. The molecule has 0 bridgehead atoms. The number of anilines is 1. The predicted molar refractivity (Wildman–Crippen MR) is 91.9 cm³/mol. The van der Waals surface area contributed by atoms with Crippen molar-refractivity contribution in [1.82, 2.24) is 5.32 Å². The van der Waals surface area contributed by atoms with Gasteiger partial charge in [-0.2, -0.15) is 0 Å². The number of nitrogens with one attached hydrogen (secondary N) is 2. The van der Waals surface area contributed by atoms with E-state index in [9.17, 15) is 9.18 Å². The zero-order valence-electron chi connectivity index (χ0n) is 12.2. The molecule has 0 aromatic heterocycles. The molecule has 0 aliphatic rings. The molecule has 2 aromatic carbocycles. The number of benzene rings is 2. The molecule has 2 N–H and O–H groups in total. The summed E-state index contributed by atoms with van der Waals surface area (Å²) in [6.45, 7) is 0. The molecule has 0 heterocycles. The van der Waals surface area contributed by atoms with E-state index in [1.54, 1.807) is 42.6 Å². The Hall–Kier alpha value is -2.80. The summed E-state index contributed by atoms with van der Waals surface area (Å²) in [6, 6.07) is 13.2. The van der Waals surface area contributed by atoms with E-state index in [0.717, 1.165) is 0 Å². The van der Waals surface area contributed by atoms with Gasteiger partial charge in [-0.25, -0.2) is 9.18 Å². The second-order valence-corrected chi connectivity index (χ2v) is 4.81. The summed E-state index contributed by atoms with van der Waals surface area (Å²) < 4.78 is 17.6. The van der Waals surface area contributed by atoms with E-state index in [2.05, 4.69) is 20.4 Å². The maximum Gasteiger partial charge on any atom is 0.413 e. The second-order valence-electron chi connectivity index (χ2n) is 4.40. The largest absolute Gasteiger partial charge is 0.453 e. The molecule has 0 spiro atoms. The number of para-hydroxylation sites is 2. The predicted octanol–water partition coefficient (Wildman–Crippen LogP) is 3.63. The van der Waals surface area contributed by atoms with Gasteiger partial charge in [0.05, 0.1) is 18.5 Å². The molecule has 0 saturated heterocycles. The van der Waals surface area contributed by atoms with E-state index < -0.39 is 6.09 Å². The minimum absolute atomic E-state index is 0.0882. The average Bonchev–Trinajstić information content (AvgIpc) is 2.54. The van der Waals surface area contributed by atoms with Crippen molar-refractivity contribution >= 4 is 41.0 Å². The first-order valence-corrected chi connectivity index (χ1v) is 7.04. The number of hydrogen-bond acceptors (Lipinski definition) is 4. The molecule has 0 aliphatic heterocycles. The van der Waals surface area contributed by atoms with Gasteiger partial charge in [-0.15, -0.1) is 0 Å². The van der Waals surface area contributed by atoms with Gasteiger partial charge in [0.1, 0.15) is 5.82 Å². The number of thiocarbonyl (C=S) groups is 1. The Morgan fingerprint density at radius 1 is 1.26 bits per heavy atom. The Kier molecular flexibility index (Phi) is 5.76.